The molecule has 1 aromatic carbocycles. The normalized spacial score (nSPS) is 16.4. The molecule has 0 saturated carbocycles. The number of benzene rings is 1. The van der Waals surface area contributed by atoms with Crippen molar-refractivity contribution in [1.82, 2.24) is 20.4 Å². The molecular formula is C18H23FN4O2. The van der Waals surface area contributed by atoms with E-state index < -0.39 is 0 Å². The minimum Gasteiger partial charge on any atom is -0.381 e. The molecule has 6 nitrogen and oxygen atoms in total. The molecule has 134 valence electrons. The molecule has 1 aromatic heterocycles. The molecule has 0 radical (unpaired) electrons. The maximum atomic E-state index is 13.1. The second-order valence-electron chi connectivity index (χ2n) is 6.30. The molecule has 0 bridgehead atoms. The maximum absolute atomic E-state index is 13.1. The SMILES string of the molecule is Cc1c(C(C)NC(=O)NC2CCOCC2)cnn1-c1ccc(F)cc1. The van der Waals surface area contributed by atoms with Gasteiger partial charge in [0.15, 0.2) is 0 Å². The van der Waals surface area contributed by atoms with Crippen LogP contribution in [0, 0.1) is 12.7 Å². The molecule has 25 heavy (non-hydrogen) atoms. The lowest BCUT2D eigenvalue weighted by molar-refractivity contribution is 0.0800. The quantitative estimate of drug-likeness (QED) is 0.894. The van der Waals surface area contributed by atoms with Crippen LogP contribution in [0.25, 0.3) is 5.69 Å². The van der Waals surface area contributed by atoms with E-state index in [2.05, 4.69) is 15.7 Å². The van der Waals surface area contributed by atoms with Gasteiger partial charge in [0.25, 0.3) is 0 Å². The summed E-state index contributed by atoms with van der Waals surface area (Å²) in [4.78, 5) is 12.2. The summed E-state index contributed by atoms with van der Waals surface area (Å²) in [6.07, 6.45) is 3.41. The van der Waals surface area contributed by atoms with Gasteiger partial charge < -0.3 is 15.4 Å². The van der Waals surface area contributed by atoms with Gasteiger partial charge in [-0.15, -0.1) is 0 Å². The van der Waals surface area contributed by atoms with Crippen LogP contribution in [0.3, 0.4) is 0 Å². The van der Waals surface area contributed by atoms with Gasteiger partial charge in [-0.2, -0.15) is 5.10 Å². The molecule has 7 heteroatoms. The first-order valence-electron chi connectivity index (χ1n) is 8.50. The Labute approximate surface area is 146 Å². The van der Waals surface area contributed by atoms with Crippen LogP contribution in [0.4, 0.5) is 9.18 Å². The van der Waals surface area contributed by atoms with E-state index in [0.29, 0.717) is 13.2 Å². The number of aromatic nitrogens is 2. The number of halogens is 1. The molecule has 2 N–H and O–H groups in total. The molecule has 1 aliphatic rings. The number of hydrogen-bond acceptors (Lipinski definition) is 3. The summed E-state index contributed by atoms with van der Waals surface area (Å²) in [5.41, 5.74) is 2.61. The fourth-order valence-corrected chi connectivity index (χ4v) is 3.03. The van der Waals surface area contributed by atoms with E-state index in [4.69, 9.17) is 4.74 Å². The fraction of sp³-hybridized carbons (Fsp3) is 0.444. The minimum absolute atomic E-state index is 0.156. The second kappa shape index (κ2) is 7.65. The number of urea groups is 1. The van der Waals surface area contributed by atoms with E-state index >= 15 is 0 Å². The Bertz CT molecular complexity index is 723. The van der Waals surface area contributed by atoms with Gasteiger partial charge in [0, 0.05) is 30.5 Å². The minimum atomic E-state index is -0.284. The van der Waals surface area contributed by atoms with Crippen LogP contribution in [-0.4, -0.2) is 35.1 Å². The van der Waals surface area contributed by atoms with E-state index in [1.807, 2.05) is 13.8 Å². The van der Waals surface area contributed by atoms with Gasteiger partial charge in [-0.05, 0) is 51.0 Å². The Balaban J connectivity index is 1.65. The van der Waals surface area contributed by atoms with Crippen molar-refractivity contribution in [2.24, 2.45) is 0 Å². The van der Waals surface area contributed by atoms with Crippen molar-refractivity contribution in [1.29, 1.82) is 0 Å². The number of carbonyl (C=O) groups is 1. The van der Waals surface area contributed by atoms with Gasteiger partial charge in [-0.1, -0.05) is 0 Å². The summed E-state index contributed by atoms with van der Waals surface area (Å²) in [6.45, 7) is 5.22. The molecule has 2 aromatic rings. The van der Waals surface area contributed by atoms with Crippen LogP contribution in [0.2, 0.25) is 0 Å². The van der Waals surface area contributed by atoms with Crippen molar-refractivity contribution in [3.63, 3.8) is 0 Å². The molecule has 0 aliphatic carbocycles. The molecular weight excluding hydrogens is 323 g/mol. The third kappa shape index (κ3) is 4.17. The number of rotatable bonds is 4. The monoisotopic (exact) mass is 346 g/mol. The lowest BCUT2D eigenvalue weighted by atomic mass is 10.1. The summed E-state index contributed by atoms with van der Waals surface area (Å²) in [5.74, 6) is -0.284. The predicted molar refractivity (Wildman–Crippen MR) is 92.2 cm³/mol. The van der Waals surface area contributed by atoms with Crippen molar-refractivity contribution >= 4 is 6.03 Å². The first-order valence-corrected chi connectivity index (χ1v) is 8.50. The summed E-state index contributed by atoms with van der Waals surface area (Å²) >= 11 is 0. The number of carbonyl (C=O) groups excluding carboxylic acids is 1. The largest absolute Gasteiger partial charge is 0.381 e. The van der Waals surface area contributed by atoms with Crippen molar-refractivity contribution in [2.45, 2.75) is 38.8 Å². The zero-order valence-corrected chi connectivity index (χ0v) is 14.5. The zero-order chi connectivity index (χ0) is 17.8. The summed E-state index contributed by atoms with van der Waals surface area (Å²) in [5, 5.41) is 10.3. The van der Waals surface area contributed by atoms with Gasteiger partial charge in [0.1, 0.15) is 5.82 Å². The molecule has 1 fully saturated rings. The van der Waals surface area contributed by atoms with Crippen LogP contribution in [0.15, 0.2) is 30.5 Å². The van der Waals surface area contributed by atoms with Gasteiger partial charge in [-0.25, -0.2) is 13.9 Å². The standard InChI is InChI=1S/C18H23FN4O2/c1-12(21-18(24)22-15-7-9-25-10-8-15)17-11-20-23(13(17)2)16-5-3-14(19)4-6-16/h3-6,11-12,15H,7-10H2,1-2H3,(H2,21,22,24). The Hall–Kier alpha value is -2.41. The molecule has 1 atom stereocenters. The van der Waals surface area contributed by atoms with Crippen molar-refractivity contribution in [3.8, 4) is 5.69 Å². The van der Waals surface area contributed by atoms with E-state index in [0.717, 1.165) is 29.8 Å². The Morgan fingerprint density at radius 3 is 2.68 bits per heavy atom. The Kier molecular flexibility index (Phi) is 5.33. The summed E-state index contributed by atoms with van der Waals surface area (Å²) < 4.78 is 20.1. The average Bonchev–Trinajstić information content (AvgIpc) is 2.98. The Morgan fingerprint density at radius 2 is 2.00 bits per heavy atom. The molecule has 2 amide bonds. The number of hydrogen-bond donors (Lipinski definition) is 2. The smallest absolute Gasteiger partial charge is 0.315 e. The zero-order valence-electron chi connectivity index (χ0n) is 14.5. The third-order valence-electron chi connectivity index (χ3n) is 4.49. The maximum Gasteiger partial charge on any atom is 0.315 e. The van der Waals surface area contributed by atoms with E-state index in [1.54, 1.807) is 23.0 Å². The van der Waals surface area contributed by atoms with Gasteiger partial charge >= 0.3 is 6.03 Å². The van der Waals surface area contributed by atoms with Crippen molar-refractivity contribution < 1.29 is 13.9 Å². The topological polar surface area (TPSA) is 68.2 Å². The second-order valence-corrected chi connectivity index (χ2v) is 6.30. The van der Waals surface area contributed by atoms with Crippen molar-refractivity contribution in [3.05, 3.63) is 47.5 Å². The number of amides is 2. The van der Waals surface area contributed by atoms with Crippen LogP contribution in [-0.2, 0) is 4.74 Å². The van der Waals surface area contributed by atoms with Crippen LogP contribution in [0.1, 0.15) is 37.1 Å². The lowest BCUT2D eigenvalue weighted by Gasteiger charge is -2.24. The number of nitrogens with one attached hydrogen (secondary N) is 2. The fourth-order valence-electron chi connectivity index (χ4n) is 3.03. The summed E-state index contributed by atoms with van der Waals surface area (Å²) in [7, 11) is 0. The molecule has 0 spiro atoms. The highest BCUT2D eigenvalue weighted by Crippen LogP contribution is 2.20. The highest BCUT2D eigenvalue weighted by molar-refractivity contribution is 5.74. The average molecular weight is 346 g/mol. The number of ether oxygens (including phenoxy) is 1. The molecule has 2 heterocycles. The predicted octanol–water partition coefficient (Wildman–Crippen LogP) is 2.86. The molecule has 3 rings (SSSR count). The Morgan fingerprint density at radius 1 is 1.32 bits per heavy atom. The molecule has 1 saturated heterocycles. The highest BCUT2D eigenvalue weighted by Gasteiger charge is 2.19. The van der Waals surface area contributed by atoms with Gasteiger partial charge in [-0.3, -0.25) is 0 Å². The molecule has 1 unspecified atom stereocenters. The van der Waals surface area contributed by atoms with Crippen molar-refractivity contribution in [2.75, 3.05) is 13.2 Å². The number of nitrogens with zero attached hydrogens (tertiary/aromatic N) is 2. The van der Waals surface area contributed by atoms with Gasteiger partial charge in [0.05, 0.1) is 17.9 Å². The summed E-state index contributed by atoms with van der Waals surface area (Å²) in [6, 6.07) is 5.94. The van der Waals surface area contributed by atoms with E-state index in [-0.39, 0.29) is 23.9 Å². The van der Waals surface area contributed by atoms with E-state index in [1.165, 1.54) is 12.1 Å². The lowest BCUT2D eigenvalue weighted by Crippen LogP contribution is -2.45. The first kappa shape index (κ1) is 17.4. The third-order valence-corrected chi connectivity index (χ3v) is 4.49. The van der Waals surface area contributed by atoms with Crippen LogP contribution in [0.5, 0.6) is 0 Å². The van der Waals surface area contributed by atoms with Crippen LogP contribution < -0.4 is 10.6 Å². The molecule has 1 aliphatic heterocycles. The van der Waals surface area contributed by atoms with E-state index in [9.17, 15) is 9.18 Å². The highest BCUT2D eigenvalue weighted by atomic mass is 19.1. The first-order chi connectivity index (χ1) is 12.0. The van der Waals surface area contributed by atoms with Crippen LogP contribution >= 0.6 is 0 Å². The van der Waals surface area contributed by atoms with Gasteiger partial charge in [0.2, 0.25) is 0 Å².